The highest BCUT2D eigenvalue weighted by Gasteiger charge is 2.31. The van der Waals surface area contributed by atoms with Gasteiger partial charge in [0.1, 0.15) is 0 Å². The van der Waals surface area contributed by atoms with E-state index in [0.717, 1.165) is 18.1 Å². The highest BCUT2D eigenvalue weighted by atomic mass is 28.4. The third-order valence-corrected chi connectivity index (χ3v) is 6.75. The summed E-state index contributed by atoms with van der Waals surface area (Å²) in [5, 5.41) is 0. The summed E-state index contributed by atoms with van der Waals surface area (Å²) < 4.78 is 5.16. The van der Waals surface area contributed by atoms with Crippen LogP contribution >= 0.6 is 0 Å². The van der Waals surface area contributed by atoms with Crippen LogP contribution in [0.15, 0.2) is 0 Å². The highest BCUT2D eigenvalue weighted by molar-refractivity contribution is 6.74. The van der Waals surface area contributed by atoms with Gasteiger partial charge in [-0.2, -0.15) is 0 Å². The molecule has 0 saturated carbocycles. The number of hydrogen-bond acceptors (Lipinski definition) is 2. The molecule has 0 aliphatic heterocycles. The van der Waals surface area contributed by atoms with Crippen molar-refractivity contribution in [1.82, 2.24) is 0 Å². The summed E-state index contributed by atoms with van der Waals surface area (Å²) in [6.45, 7) is 6.17. The zero-order chi connectivity index (χ0) is 8.91. The Morgan fingerprint density at radius 3 is 1.73 bits per heavy atom. The summed E-state index contributed by atoms with van der Waals surface area (Å²) in [7, 11) is -1.76. The maximum Gasteiger partial charge on any atom is 0.390 e. The van der Waals surface area contributed by atoms with Crippen LogP contribution in [-0.4, -0.2) is 14.4 Å². The first-order chi connectivity index (χ1) is 5.10. The van der Waals surface area contributed by atoms with Crippen molar-refractivity contribution in [3.8, 4) is 0 Å². The average Bonchev–Trinajstić information content (AvgIpc) is 2.00. The molecule has 1 amide bonds. The fraction of sp³-hybridized carbons (Fsp3) is 0.857. The van der Waals surface area contributed by atoms with Gasteiger partial charge in [0.25, 0.3) is 8.32 Å². The quantitative estimate of drug-likeness (QED) is 0.665. The van der Waals surface area contributed by atoms with Gasteiger partial charge in [0.2, 0.25) is 0 Å². The van der Waals surface area contributed by atoms with Crippen LogP contribution in [0.2, 0.25) is 18.1 Å². The molecule has 0 aromatic rings. The summed E-state index contributed by atoms with van der Waals surface area (Å²) in [4.78, 5) is 10.5. The van der Waals surface area contributed by atoms with E-state index in [1.807, 2.05) is 0 Å². The summed E-state index contributed by atoms with van der Waals surface area (Å²) >= 11 is 0. The normalized spacial score (nSPS) is 11.2. The van der Waals surface area contributed by atoms with Crippen LogP contribution in [-0.2, 0) is 4.43 Å². The lowest BCUT2D eigenvalue weighted by molar-refractivity contribution is 0.207. The number of primary amides is 1. The van der Waals surface area contributed by atoms with Gasteiger partial charge in [-0.1, -0.05) is 20.8 Å². The minimum absolute atomic E-state index is 0.609. The van der Waals surface area contributed by atoms with E-state index >= 15 is 0 Å². The van der Waals surface area contributed by atoms with Crippen LogP contribution < -0.4 is 5.73 Å². The van der Waals surface area contributed by atoms with Gasteiger partial charge in [0.15, 0.2) is 0 Å². The van der Waals surface area contributed by atoms with Gasteiger partial charge in [-0.05, 0) is 18.1 Å². The molecule has 0 aliphatic carbocycles. The van der Waals surface area contributed by atoms with E-state index < -0.39 is 14.4 Å². The first kappa shape index (κ1) is 10.5. The van der Waals surface area contributed by atoms with E-state index in [1.54, 1.807) is 0 Å². The number of carbonyl (C=O) groups excluding carboxylic acids is 1. The highest BCUT2D eigenvalue weighted by Crippen LogP contribution is 2.20. The molecule has 3 nitrogen and oxygen atoms in total. The Kier molecular flexibility index (Phi) is 4.18. The van der Waals surface area contributed by atoms with E-state index in [9.17, 15) is 4.79 Å². The van der Waals surface area contributed by atoms with Gasteiger partial charge in [-0.15, -0.1) is 0 Å². The smallest absolute Gasteiger partial charge is 0.390 e. The molecule has 0 rings (SSSR count). The van der Waals surface area contributed by atoms with Crippen LogP contribution in [0.5, 0.6) is 0 Å². The van der Waals surface area contributed by atoms with Gasteiger partial charge in [-0.3, -0.25) is 0 Å². The SMILES string of the molecule is CC[Si](CC)(CC)OC(N)=O. The van der Waals surface area contributed by atoms with Gasteiger partial charge in [-0.25, -0.2) is 4.79 Å². The molecule has 0 aromatic carbocycles. The summed E-state index contributed by atoms with van der Waals surface area (Å²) in [5.41, 5.74) is 4.98. The monoisotopic (exact) mass is 175 g/mol. The second-order valence-electron chi connectivity index (χ2n) is 2.66. The molecule has 0 heterocycles. The second kappa shape index (κ2) is 4.38. The number of nitrogens with two attached hydrogens (primary N) is 1. The van der Waals surface area contributed by atoms with Crippen LogP contribution in [0.1, 0.15) is 20.8 Å². The van der Waals surface area contributed by atoms with Crippen molar-refractivity contribution in [3.63, 3.8) is 0 Å². The summed E-state index contributed by atoms with van der Waals surface area (Å²) in [6, 6.07) is 2.88. The van der Waals surface area contributed by atoms with E-state index in [0.29, 0.717) is 0 Å². The lowest BCUT2D eigenvalue weighted by atomic mass is 10.9. The standard InChI is InChI=1S/C7H17NO2Si/c1-4-11(5-2,6-3)10-7(8)9/h4-6H2,1-3H3,(H2,8,9). The molecule has 0 atom stereocenters. The zero-order valence-electron chi connectivity index (χ0n) is 7.52. The van der Waals surface area contributed by atoms with E-state index in [-0.39, 0.29) is 0 Å². The Morgan fingerprint density at radius 2 is 1.64 bits per heavy atom. The van der Waals surface area contributed by atoms with Crippen molar-refractivity contribution in [2.45, 2.75) is 38.9 Å². The molecular weight excluding hydrogens is 158 g/mol. The number of hydrogen-bond donors (Lipinski definition) is 1. The average molecular weight is 175 g/mol. The molecule has 0 aromatic heterocycles. The predicted molar refractivity (Wildman–Crippen MR) is 47.9 cm³/mol. The van der Waals surface area contributed by atoms with Crippen LogP contribution in [0, 0.1) is 0 Å². The topological polar surface area (TPSA) is 52.3 Å². The van der Waals surface area contributed by atoms with E-state index in [1.165, 1.54) is 0 Å². The molecule has 0 radical (unpaired) electrons. The van der Waals surface area contributed by atoms with Crippen molar-refractivity contribution in [2.24, 2.45) is 5.73 Å². The molecule has 4 heteroatoms. The predicted octanol–water partition coefficient (Wildman–Crippen LogP) is 2.09. The number of amides is 1. The minimum atomic E-state index is -1.76. The Balaban J connectivity index is 4.16. The van der Waals surface area contributed by atoms with E-state index in [4.69, 9.17) is 10.2 Å². The van der Waals surface area contributed by atoms with Crippen LogP contribution in [0.25, 0.3) is 0 Å². The van der Waals surface area contributed by atoms with Gasteiger partial charge in [0, 0.05) is 0 Å². The largest absolute Gasteiger partial charge is 0.504 e. The lowest BCUT2D eigenvalue weighted by Gasteiger charge is -2.25. The molecule has 66 valence electrons. The summed E-state index contributed by atoms with van der Waals surface area (Å²) in [5.74, 6) is 0. The molecule has 11 heavy (non-hydrogen) atoms. The Labute approximate surface area is 69.0 Å². The molecule has 0 unspecified atom stereocenters. The number of rotatable bonds is 4. The molecule has 0 fully saturated rings. The molecule has 0 aliphatic rings. The van der Waals surface area contributed by atoms with Crippen LogP contribution in [0.3, 0.4) is 0 Å². The fourth-order valence-corrected chi connectivity index (χ4v) is 3.54. The molecule has 2 N–H and O–H groups in total. The summed E-state index contributed by atoms with van der Waals surface area (Å²) in [6.07, 6.45) is -0.609. The molecule has 0 bridgehead atoms. The van der Waals surface area contributed by atoms with Gasteiger partial charge >= 0.3 is 6.09 Å². The van der Waals surface area contributed by atoms with E-state index in [2.05, 4.69) is 20.8 Å². The maximum atomic E-state index is 10.5. The molecule has 0 saturated heterocycles. The minimum Gasteiger partial charge on any atom is -0.504 e. The van der Waals surface area contributed by atoms with Crippen LogP contribution in [0.4, 0.5) is 4.79 Å². The van der Waals surface area contributed by atoms with Crippen molar-refractivity contribution >= 4 is 14.4 Å². The van der Waals surface area contributed by atoms with Crippen molar-refractivity contribution in [1.29, 1.82) is 0 Å². The Bertz CT molecular complexity index is 126. The Morgan fingerprint density at radius 1 is 1.27 bits per heavy atom. The lowest BCUT2D eigenvalue weighted by Crippen LogP contribution is -2.40. The third-order valence-electron chi connectivity index (χ3n) is 2.25. The van der Waals surface area contributed by atoms with Crippen molar-refractivity contribution in [2.75, 3.05) is 0 Å². The van der Waals surface area contributed by atoms with Crippen molar-refractivity contribution < 1.29 is 9.22 Å². The second-order valence-corrected chi connectivity index (χ2v) is 7.36. The molecule has 0 spiro atoms. The Hall–Kier alpha value is -0.513. The van der Waals surface area contributed by atoms with Gasteiger partial charge < -0.3 is 10.2 Å². The number of carbonyl (C=O) groups is 1. The van der Waals surface area contributed by atoms with Gasteiger partial charge in [0.05, 0.1) is 0 Å². The van der Waals surface area contributed by atoms with Crippen molar-refractivity contribution in [3.05, 3.63) is 0 Å². The molecular formula is C7H17NO2Si. The maximum absolute atomic E-state index is 10.5. The fourth-order valence-electron chi connectivity index (χ4n) is 1.18. The first-order valence-corrected chi connectivity index (χ1v) is 6.61. The first-order valence-electron chi connectivity index (χ1n) is 4.08. The zero-order valence-corrected chi connectivity index (χ0v) is 8.52. The third kappa shape index (κ3) is 2.92.